The quantitative estimate of drug-likeness (QED) is 0.793. The van der Waals surface area contributed by atoms with Crippen LogP contribution in [-0.2, 0) is 4.79 Å². The van der Waals surface area contributed by atoms with Crippen molar-refractivity contribution in [1.29, 1.82) is 0 Å². The van der Waals surface area contributed by atoms with E-state index < -0.39 is 12.0 Å². The summed E-state index contributed by atoms with van der Waals surface area (Å²) in [5.41, 5.74) is 0.528. The van der Waals surface area contributed by atoms with Gasteiger partial charge in [-0.15, -0.1) is 0 Å². The van der Waals surface area contributed by atoms with Crippen molar-refractivity contribution in [3.8, 4) is 0 Å². The number of carbonyl (C=O) groups excluding carboxylic acids is 1. The zero-order chi connectivity index (χ0) is 13.1. The number of hydrogen-bond acceptors (Lipinski definition) is 2. The van der Waals surface area contributed by atoms with Crippen molar-refractivity contribution in [2.24, 2.45) is 5.92 Å². The molecule has 2 rings (SSSR count). The Morgan fingerprint density at radius 2 is 2.06 bits per heavy atom. The fraction of sp³-hybridized carbons (Fsp3) is 0.385. The van der Waals surface area contributed by atoms with Crippen molar-refractivity contribution >= 4 is 34.5 Å². The van der Waals surface area contributed by atoms with Gasteiger partial charge < -0.3 is 10.4 Å². The van der Waals surface area contributed by atoms with Crippen LogP contribution in [0.1, 0.15) is 29.6 Å². The maximum absolute atomic E-state index is 12.0. The first-order valence-electron chi connectivity index (χ1n) is 5.86. The largest absolute Gasteiger partial charge is 0.480 e. The molecule has 1 saturated carbocycles. The van der Waals surface area contributed by atoms with E-state index in [0.717, 1.165) is 16.4 Å². The first-order chi connectivity index (χ1) is 8.58. The van der Waals surface area contributed by atoms with E-state index in [-0.39, 0.29) is 5.91 Å². The average molecular weight is 359 g/mol. The van der Waals surface area contributed by atoms with Gasteiger partial charge in [-0.2, -0.15) is 0 Å². The Morgan fingerprint density at radius 3 is 2.61 bits per heavy atom. The van der Waals surface area contributed by atoms with E-state index in [1.807, 2.05) is 12.1 Å². The molecule has 0 aromatic heterocycles. The Kier molecular flexibility index (Phi) is 4.21. The lowest BCUT2D eigenvalue weighted by Gasteiger charge is -2.14. The molecular formula is C13H14INO3. The molecule has 0 aliphatic heterocycles. The molecule has 1 aliphatic rings. The molecule has 96 valence electrons. The molecule has 2 N–H and O–H groups in total. The number of amides is 1. The van der Waals surface area contributed by atoms with Gasteiger partial charge in [-0.1, -0.05) is 25.0 Å². The lowest BCUT2D eigenvalue weighted by atomic mass is 10.1. The molecule has 18 heavy (non-hydrogen) atoms. The van der Waals surface area contributed by atoms with Crippen LogP contribution in [0, 0.1) is 9.49 Å². The molecule has 1 unspecified atom stereocenters. The van der Waals surface area contributed by atoms with Gasteiger partial charge in [0, 0.05) is 3.57 Å². The Balaban J connectivity index is 2.04. The normalized spacial score (nSPS) is 16.1. The molecule has 0 saturated heterocycles. The Hall–Kier alpha value is -1.11. The van der Waals surface area contributed by atoms with Crippen molar-refractivity contribution in [3.63, 3.8) is 0 Å². The van der Waals surface area contributed by atoms with E-state index in [1.165, 1.54) is 0 Å². The summed E-state index contributed by atoms with van der Waals surface area (Å²) in [6.07, 6.45) is 2.68. The van der Waals surface area contributed by atoms with E-state index in [0.29, 0.717) is 17.9 Å². The number of rotatable bonds is 5. The maximum Gasteiger partial charge on any atom is 0.326 e. The third-order valence-corrected chi connectivity index (χ3v) is 3.93. The summed E-state index contributed by atoms with van der Waals surface area (Å²) in [5.74, 6) is -0.810. The van der Waals surface area contributed by atoms with E-state index in [1.54, 1.807) is 12.1 Å². The van der Waals surface area contributed by atoms with Gasteiger partial charge in [0.2, 0.25) is 0 Å². The van der Waals surface area contributed by atoms with Gasteiger partial charge >= 0.3 is 5.97 Å². The van der Waals surface area contributed by atoms with E-state index >= 15 is 0 Å². The SMILES string of the molecule is O=C(NC(CC1CC1)C(=O)O)c1ccccc1I. The van der Waals surface area contributed by atoms with Crippen LogP contribution in [0.15, 0.2) is 24.3 Å². The molecule has 1 aromatic rings. The number of halogens is 1. The smallest absolute Gasteiger partial charge is 0.326 e. The third-order valence-electron chi connectivity index (χ3n) is 2.99. The number of hydrogen-bond donors (Lipinski definition) is 2. The van der Waals surface area contributed by atoms with Crippen LogP contribution in [-0.4, -0.2) is 23.0 Å². The second-order valence-corrected chi connectivity index (χ2v) is 5.69. The molecule has 5 heteroatoms. The highest BCUT2D eigenvalue weighted by atomic mass is 127. The van der Waals surface area contributed by atoms with Crippen LogP contribution in [0.2, 0.25) is 0 Å². The van der Waals surface area contributed by atoms with Crippen LogP contribution in [0.4, 0.5) is 0 Å². The Morgan fingerprint density at radius 1 is 1.39 bits per heavy atom. The minimum absolute atomic E-state index is 0.312. The standard InChI is InChI=1S/C13H14INO3/c14-10-4-2-1-3-9(10)12(16)15-11(13(17)18)7-8-5-6-8/h1-4,8,11H,5-7H2,(H,15,16)(H,17,18). The van der Waals surface area contributed by atoms with Crippen molar-refractivity contribution in [3.05, 3.63) is 33.4 Å². The Bertz CT molecular complexity index is 471. The zero-order valence-electron chi connectivity index (χ0n) is 9.73. The lowest BCUT2D eigenvalue weighted by Crippen LogP contribution is -2.41. The summed E-state index contributed by atoms with van der Waals surface area (Å²) in [7, 11) is 0. The van der Waals surface area contributed by atoms with Crippen LogP contribution in [0.3, 0.4) is 0 Å². The van der Waals surface area contributed by atoms with Crippen LogP contribution in [0.5, 0.6) is 0 Å². The fourth-order valence-corrected chi connectivity index (χ4v) is 2.42. The van der Waals surface area contributed by atoms with Gasteiger partial charge in [0.05, 0.1) is 5.56 Å². The Labute approximate surface area is 119 Å². The van der Waals surface area contributed by atoms with E-state index in [4.69, 9.17) is 5.11 Å². The summed E-state index contributed by atoms with van der Waals surface area (Å²) in [6.45, 7) is 0. The van der Waals surface area contributed by atoms with Crippen LogP contribution < -0.4 is 5.32 Å². The van der Waals surface area contributed by atoms with Gasteiger partial charge in [-0.25, -0.2) is 4.79 Å². The number of nitrogens with one attached hydrogen (secondary N) is 1. The number of benzene rings is 1. The van der Waals surface area contributed by atoms with E-state index in [9.17, 15) is 9.59 Å². The lowest BCUT2D eigenvalue weighted by molar-refractivity contribution is -0.139. The predicted octanol–water partition coefficient (Wildman–Crippen LogP) is 2.27. The number of carboxylic acid groups (broad SMARTS) is 1. The molecule has 1 atom stereocenters. The number of aliphatic carboxylic acids is 1. The molecule has 0 bridgehead atoms. The van der Waals surface area contributed by atoms with Crippen molar-refractivity contribution < 1.29 is 14.7 Å². The molecule has 1 amide bonds. The second-order valence-electron chi connectivity index (χ2n) is 4.52. The molecule has 0 heterocycles. The second kappa shape index (κ2) is 5.69. The summed E-state index contributed by atoms with van der Waals surface area (Å²) in [5, 5.41) is 11.7. The fourth-order valence-electron chi connectivity index (χ4n) is 1.79. The van der Waals surface area contributed by atoms with Crippen molar-refractivity contribution in [1.82, 2.24) is 5.32 Å². The minimum Gasteiger partial charge on any atom is -0.480 e. The van der Waals surface area contributed by atoms with Crippen LogP contribution >= 0.6 is 22.6 Å². The molecule has 4 nitrogen and oxygen atoms in total. The van der Waals surface area contributed by atoms with Crippen LogP contribution in [0.25, 0.3) is 0 Å². The monoisotopic (exact) mass is 359 g/mol. The number of carboxylic acids is 1. The van der Waals surface area contributed by atoms with E-state index in [2.05, 4.69) is 27.9 Å². The zero-order valence-corrected chi connectivity index (χ0v) is 11.9. The molecule has 1 aliphatic carbocycles. The molecular weight excluding hydrogens is 345 g/mol. The highest BCUT2D eigenvalue weighted by molar-refractivity contribution is 14.1. The molecule has 0 radical (unpaired) electrons. The molecule has 0 spiro atoms. The summed E-state index contributed by atoms with van der Waals surface area (Å²) in [6, 6.07) is 6.37. The summed E-state index contributed by atoms with van der Waals surface area (Å²) < 4.78 is 0.822. The summed E-state index contributed by atoms with van der Waals surface area (Å²) >= 11 is 2.07. The van der Waals surface area contributed by atoms with Gasteiger partial charge in [0.15, 0.2) is 0 Å². The van der Waals surface area contributed by atoms with Gasteiger partial charge in [0.25, 0.3) is 5.91 Å². The summed E-state index contributed by atoms with van der Waals surface area (Å²) in [4.78, 5) is 23.1. The first kappa shape index (κ1) is 13.3. The van der Waals surface area contributed by atoms with Gasteiger partial charge in [0.1, 0.15) is 6.04 Å². The third kappa shape index (κ3) is 3.44. The minimum atomic E-state index is -0.957. The molecule has 1 aromatic carbocycles. The maximum atomic E-state index is 12.0. The van der Waals surface area contributed by atoms with Gasteiger partial charge in [-0.3, -0.25) is 4.79 Å². The highest BCUT2D eigenvalue weighted by Gasteiger charge is 2.30. The topological polar surface area (TPSA) is 66.4 Å². The van der Waals surface area contributed by atoms with Crippen molar-refractivity contribution in [2.75, 3.05) is 0 Å². The first-order valence-corrected chi connectivity index (χ1v) is 6.94. The number of carbonyl (C=O) groups is 2. The van der Waals surface area contributed by atoms with Crippen molar-refractivity contribution in [2.45, 2.75) is 25.3 Å². The highest BCUT2D eigenvalue weighted by Crippen LogP contribution is 2.33. The predicted molar refractivity (Wildman–Crippen MR) is 75.4 cm³/mol. The molecule has 1 fully saturated rings. The van der Waals surface area contributed by atoms with Gasteiger partial charge in [-0.05, 0) is 47.1 Å². The average Bonchev–Trinajstić information content (AvgIpc) is 3.12.